The van der Waals surface area contributed by atoms with E-state index in [9.17, 15) is 0 Å². The molecule has 5 aromatic carbocycles. The van der Waals surface area contributed by atoms with Crippen molar-refractivity contribution >= 4 is 21.5 Å². The van der Waals surface area contributed by atoms with Crippen LogP contribution in [0.5, 0.6) is 0 Å². The van der Waals surface area contributed by atoms with Crippen molar-refractivity contribution in [3.8, 4) is 0 Å². The molecule has 2 bridgehead atoms. The molecule has 0 atom stereocenters. The lowest BCUT2D eigenvalue weighted by Gasteiger charge is -2.42. The number of benzene rings is 5. The van der Waals surface area contributed by atoms with Crippen molar-refractivity contribution in [2.75, 3.05) is 0 Å². The highest BCUT2D eigenvalue weighted by atomic mass is 14.4. The summed E-state index contributed by atoms with van der Waals surface area (Å²) in [7, 11) is 0. The van der Waals surface area contributed by atoms with Crippen molar-refractivity contribution in [2.24, 2.45) is 0 Å². The quantitative estimate of drug-likeness (QED) is 0.275. The Morgan fingerprint density at radius 3 is 0.929 bits per heavy atom. The third-order valence-corrected chi connectivity index (χ3v) is 6.76. The minimum atomic E-state index is 0.334. The molecule has 8 rings (SSSR count). The van der Waals surface area contributed by atoms with E-state index >= 15 is 0 Å². The summed E-state index contributed by atoms with van der Waals surface area (Å²) in [4.78, 5) is 0. The first kappa shape index (κ1) is 14.6. The van der Waals surface area contributed by atoms with Gasteiger partial charge in [-0.25, -0.2) is 0 Å². The molecule has 0 aliphatic heterocycles. The van der Waals surface area contributed by atoms with Gasteiger partial charge in [0.2, 0.25) is 0 Å². The molecular weight excluding hydrogens is 336 g/mol. The van der Waals surface area contributed by atoms with E-state index < -0.39 is 0 Å². The van der Waals surface area contributed by atoms with Crippen LogP contribution in [0, 0.1) is 0 Å². The molecule has 0 unspecified atom stereocenters. The maximum absolute atomic E-state index is 2.44. The Morgan fingerprint density at radius 1 is 0.321 bits per heavy atom. The van der Waals surface area contributed by atoms with Gasteiger partial charge in [0, 0.05) is 11.8 Å². The van der Waals surface area contributed by atoms with Gasteiger partial charge in [-0.05, 0) is 79.2 Å². The summed E-state index contributed by atoms with van der Waals surface area (Å²) < 4.78 is 0. The summed E-state index contributed by atoms with van der Waals surface area (Å²) >= 11 is 0. The van der Waals surface area contributed by atoms with Gasteiger partial charge in [0.15, 0.2) is 0 Å². The van der Waals surface area contributed by atoms with Gasteiger partial charge in [-0.2, -0.15) is 0 Å². The number of hydrogen-bond donors (Lipinski definition) is 0. The monoisotopic (exact) mass is 354 g/mol. The first-order valence-electron chi connectivity index (χ1n) is 10.0. The van der Waals surface area contributed by atoms with Crippen LogP contribution in [-0.2, 0) is 0 Å². The summed E-state index contributed by atoms with van der Waals surface area (Å²) in [5.74, 6) is 0.667. The van der Waals surface area contributed by atoms with E-state index in [1.807, 2.05) is 0 Å². The Labute approximate surface area is 164 Å². The molecule has 0 heterocycles. The fourth-order valence-electron chi connectivity index (χ4n) is 5.59. The van der Waals surface area contributed by atoms with Crippen molar-refractivity contribution in [3.63, 3.8) is 0 Å². The molecule has 0 spiro atoms. The van der Waals surface area contributed by atoms with Crippen molar-refractivity contribution in [1.29, 1.82) is 0 Å². The number of fused-ring (bicyclic) bond motifs is 2. The first-order chi connectivity index (χ1) is 13.9. The van der Waals surface area contributed by atoms with Crippen LogP contribution in [0.15, 0.2) is 97.1 Å². The average molecular weight is 354 g/mol. The SMILES string of the molecule is c1ccc2c(c1)C1c3cc4ccccc4cc3C2c2cc3ccccc3cc21. The molecule has 0 fully saturated rings. The topological polar surface area (TPSA) is 0 Å². The zero-order valence-electron chi connectivity index (χ0n) is 15.4. The van der Waals surface area contributed by atoms with Gasteiger partial charge >= 0.3 is 0 Å². The van der Waals surface area contributed by atoms with Gasteiger partial charge in [0.25, 0.3) is 0 Å². The predicted octanol–water partition coefficient (Wildman–Crippen LogP) is 6.98. The van der Waals surface area contributed by atoms with Crippen LogP contribution in [0.2, 0.25) is 0 Å². The van der Waals surface area contributed by atoms with E-state index in [2.05, 4.69) is 97.1 Å². The molecule has 0 aromatic heterocycles. The third kappa shape index (κ3) is 1.75. The predicted molar refractivity (Wildman–Crippen MR) is 116 cm³/mol. The second-order valence-electron chi connectivity index (χ2n) is 8.15. The summed E-state index contributed by atoms with van der Waals surface area (Å²) in [6.45, 7) is 0. The Hall–Kier alpha value is -3.38. The molecule has 0 amide bonds. The minimum Gasteiger partial charge on any atom is -0.0619 e. The average Bonchev–Trinajstić information content (AvgIpc) is 2.76. The van der Waals surface area contributed by atoms with E-state index in [4.69, 9.17) is 0 Å². The Morgan fingerprint density at radius 2 is 0.607 bits per heavy atom. The van der Waals surface area contributed by atoms with E-state index in [0.717, 1.165) is 0 Å². The smallest absolute Gasteiger partial charge is 0.0349 e. The van der Waals surface area contributed by atoms with Crippen LogP contribution in [0.1, 0.15) is 45.2 Å². The molecule has 5 aromatic rings. The van der Waals surface area contributed by atoms with Crippen LogP contribution in [0.25, 0.3) is 21.5 Å². The maximum atomic E-state index is 2.44. The Balaban J connectivity index is 1.63. The second kappa shape index (κ2) is 5.11. The van der Waals surface area contributed by atoms with E-state index in [-0.39, 0.29) is 0 Å². The molecule has 0 saturated heterocycles. The van der Waals surface area contributed by atoms with Gasteiger partial charge in [-0.3, -0.25) is 0 Å². The lowest BCUT2D eigenvalue weighted by atomic mass is 9.60. The van der Waals surface area contributed by atoms with Gasteiger partial charge in [-0.1, -0.05) is 72.8 Å². The highest BCUT2D eigenvalue weighted by Gasteiger charge is 2.41. The molecule has 3 aliphatic carbocycles. The summed E-state index contributed by atoms with van der Waals surface area (Å²) in [5.41, 5.74) is 8.93. The fourth-order valence-corrected chi connectivity index (χ4v) is 5.59. The third-order valence-electron chi connectivity index (χ3n) is 6.76. The van der Waals surface area contributed by atoms with Gasteiger partial charge in [0.05, 0.1) is 0 Å². The number of hydrogen-bond acceptors (Lipinski definition) is 0. The van der Waals surface area contributed by atoms with Crippen molar-refractivity contribution < 1.29 is 0 Å². The normalized spacial score (nSPS) is 18.7. The molecule has 130 valence electrons. The lowest BCUT2D eigenvalue weighted by molar-refractivity contribution is 0.759. The van der Waals surface area contributed by atoms with Gasteiger partial charge in [-0.15, -0.1) is 0 Å². The van der Waals surface area contributed by atoms with E-state index in [1.165, 1.54) is 54.9 Å². The van der Waals surface area contributed by atoms with Crippen LogP contribution >= 0.6 is 0 Å². The van der Waals surface area contributed by atoms with Crippen molar-refractivity contribution in [2.45, 2.75) is 11.8 Å². The molecule has 0 nitrogen and oxygen atoms in total. The largest absolute Gasteiger partial charge is 0.0619 e. The van der Waals surface area contributed by atoms with Crippen LogP contribution in [-0.4, -0.2) is 0 Å². The van der Waals surface area contributed by atoms with Crippen LogP contribution < -0.4 is 0 Å². The number of rotatable bonds is 0. The summed E-state index contributed by atoms with van der Waals surface area (Å²) in [6.07, 6.45) is 0. The Kier molecular flexibility index (Phi) is 2.67. The van der Waals surface area contributed by atoms with E-state index in [1.54, 1.807) is 0 Å². The Bertz CT molecular complexity index is 1230. The lowest BCUT2D eigenvalue weighted by Crippen LogP contribution is -2.27. The van der Waals surface area contributed by atoms with Crippen LogP contribution in [0.3, 0.4) is 0 Å². The molecular formula is C28H18. The van der Waals surface area contributed by atoms with Gasteiger partial charge in [0.1, 0.15) is 0 Å². The van der Waals surface area contributed by atoms with Crippen molar-refractivity contribution in [3.05, 3.63) is 130 Å². The zero-order chi connectivity index (χ0) is 18.2. The molecule has 0 saturated carbocycles. The first-order valence-corrected chi connectivity index (χ1v) is 10.0. The fraction of sp³-hybridized carbons (Fsp3) is 0.0714. The minimum absolute atomic E-state index is 0.334. The molecule has 3 aliphatic rings. The highest BCUT2D eigenvalue weighted by Crippen LogP contribution is 2.56. The van der Waals surface area contributed by atoms with Crippen LogP contribution in [0.4, 0.5) is 0 Å². The zero-order valence-corrected chi connectivity index (χ0v) is 15.4. The highest BCUT2D eigenvalue weighted by molar-refractivity contribution is 5.90. The second-order valence-corrected chi connectivity index (χ2v) is 8.15. The maximum Gasteiger partial charge on any atom is 0.0349 e. The standard InChI is InChI=1S/C28H18/c1-2-8-18-14-24-23(13-17(18)7-1)27-21-11-5-6-12-22(21)28(24)26-16-20-10-4-3-9-19(20)15-25(26)27/h1-16,27-28H. The van der Waals surface area contributed by atoms with Gasteiger partial charge < -0.3 is 0 Å². The molecule has 0 radical (unpaired) electrons. The summed E-state index contributed by atoms with van der Waals surface area (Å²) in [6, 6.07) is 36.4. The molecule has 28 heavy (non-hydrogen) atoms. The molecule has 0 N–H and O–H groups in total. The summed E-state index contributed by atoms with van der Waals surface area (Å²) in [5, 5.41) is 5.37. The molecule has 0 heteroatoms. The van der Waals surface area contributed by atoms with E-state index in [0.29, 0.717) is 11.8 Å². The van der Waals surface area contributed by atoms with Crippen molar-refractivity contribution in [1.82, 2.24) is 0 Å².